The van der Waals surface area contributed by atoms with Gasteiger partial charge in [-0.05, 0) is 37.5 Å². The van der Waals surface area contributed by atoms with Gasteiger partial charge < -0.3 is 0 Å². The van der Waals surface area contributed by atoms with Gasteiger partial charge in [0.15, 0.2) is 0 Å². The van der Waals surface area contributed by atoms with Crippen molar-refractivity contribution in [2.24, 2.45) is 11.3 Å². The predicted octanol–water partition coefficient (Wildman–Crippen LogP) is 3.41. The first kappa shape index (κ1) is 8.19. The molecular weight excluding hydrogens is 179 g/mol. The smallest absolute Gasteiger partial charge is 0.0612 e. The lowest BCUT2D eigenvalue weighted by molar-refractivity contribution is 0.378. The van der Waals surface area contributed by atoms with Crippen LogP contribution in [0.4, 0.5) is 0 Å². The maximum atomic E-state index is 6.38. The van der Waals surface area contributed by atoms with E-state index in [1.54, 1.807) is 0 Å². The summed E-state index contributed by atoms with van der Waals surface area (Å²) in [5, 5.41) is 0. The molecule has 2 aliphatic carbocycles. The van der Waals surface area contributed by atoms with Crippen molar-refractivity contribution in [3.63, 3.8) is 0 Å². The molecule has 0 heterocycles. The highest BCUT2D eigenvalue weighted by Gasteiger charge is 2.65. The Morgan fingerprint density at radius 2 is 2.36 bits per heavy atom. The Kier molecular flexibility index (Phi) is 1.71. The lowest BCUT2D eigenvalue weighted by atomic mass is 9.89. The third-order valence-electron chi connectivity index (χ3n) is 3.70. The quantitative estimate of drug-likeness (QED) is 0.589. The van der Waals surface area contributed by atoms with E-state index in [4.69, 9.17) is 23.2 Å². The summed E-state index contributed by atoms with van der Waals surface area (Å²) in [7, 11) is 0. The minimum atomic E-state index is -0.129. The molecule has 0 amide bonds. The molecule has 0 spiro atoms. The molecule has 0 saturated heterocycles. The van der Waals surface area contributed by atoms with Crippen LogP contribution in [-0.4, -0.2) is 10.8 Å². The molecule has 0 aliphatic heterocycles. The third kappa shape index (κ3) is 0.954. The van der Waals surface area contributed by atoms with E-state index in [1.807, 2.05) is 0 Å². The van der Waals surface area contributed by atoms with Gasteiger partial charge in [-0.1, -0.05) is 6.42 Å². The van der Waals surface area contributed by atoms with Crippen molar-refractivity contribution in [1.29, 1.82) is 0 Å². The number of fused-ring (bicyclic) bond motifs is 1. The molecule has 3 unspecified atom stereocenters. The van der Waals surface area contributed by atoms with Crippen molar-refractivity contribution >= 4 is 23.2 Å². The number of halogens is 2. The average molecular weight is 193 g/mol. The first-order valence-corrected chi connectivity index (χ1v) is 5.28. The largest absolute Gasteiger partial charge is 0.125 e. The molecule has 11 heavy (non-hydrogen) atoms. The van der Waals surface area contributed by atoms with Crippen LogP contribution in [0, 0.1) is 11.3 Å². The first-order valence-electron chi connectivity index (χ1n) is 4.37. The number of alkyl halides is 2. The van der Waals surface area contributed by atoms with Crippen LogP contribution in [0.25, 0.3) is 0 Å². The lowest BCUT2D eigenvalue weighted by Crippen LogP contribution is -2.32. The SMILES string of the molecule is CC(Cl)(CCl)C12CCCC1C2. The second-order valence-electron chi connectivity index (χ2n) is 4.28. The average Bonchev–Trinajstić information content (AvgIpc) is 2.56. The molecule has 64 valence electrons. The molecule has 2 rings (SSSR count). The van der Waals surface area contributed by atoms with Crippen molar-refractivity contribution in [2.45, 2.75) is 37.5 Å². The predicted molar refractivity (Wildman–Crippen MR) is 49.4 cm³/mol. The van der Waals surface area contributed by atoms with Gasteiger partial charge in [-0.2, -0.15) is 0 Å². The molecule has 0 aromatic heterocycles. The molecule has 0 N–H and O–H groups in total. The summed E-state index contributed by atoms with van der Waals surface area (Å²) in [6.45, 7) is 2.10. The van der Waals surface area contributed by atoms with Crippen molar-refractivity contribution in [3.05, 3.63) is 0 Å². The van der Waals surface area contributed by atoms with Crippen LogP contribution < -0.4 is 0 Å². The van der Waals surface area contributed by atoms with E-state index in [2.05, 4.69) is 6.92 Å². The summed E-state index contributed by atoms with van der Waals surface area (Å²) in [4.78, 5) is -0.129. The van der Waals surface area contributed by atoms with Gasteiger partial charge in [0, 0.05) is 5.88 Å². The van der Waals surface area contributed by atoms with Crippen molar-refractivity contribution in [1.82, 2.24) is 0 Å². The standard InChI is InChI=1S/C9H14Cl2/c1-8(11,6-10)9-4-2-3-7(9)5-9/h7H,2-6H2,1H3. The van der Waals surface area contributed by atoms with E-state index in [9.17, 15) is 0 Å². The van der Waals surface area contributed by atoms with Gasteiger partial charge in [-0.3, -0.25) is 0 Å². The zero-order valence-corrected chi connectivity index (χ0v) is 8.38. The van der Waals surface area contributed by atoms with E-state index in [-0.39, 0.29) is 4.87 Å². The topological polar surface area (TPSA) is 0 Å². The van der Waals surface area contributed by atoms with Gasteiger partial charge >= 0.3 is 0 Å². The van der Waals surface area contributed by atoms with Gasteiger partial charge in [0.05, 0.1) is 4.87 Å². The van der Waals surface area contributed by atoms with Crippen LogP contribution in [0.3, 0.4) is 0 Å². The minimum Gasteiger partial charge on any atom is -0.125 e. The zero-order chi connectivity index (χ0) is 8.11. The molecule has 0 bridgehead atoms. The highest BCUT2D eigenvalue weighted by molar-refractivity contribution is 6.31. The summed E-state index contributed by atoms with van der Waals surface area (Å²) in [5.41, 5.74) is 0.441. The molecule has 0 nitrogen and oxygen atoms in total. The normalized spacial score (nSPS) is 46.6. The van der Waals surface area contributed by atoms with E-state index in [0.717, 1.165) is 5.92 Å². The second-order valence-corrected chi connectivity index (χ2v) is 5.38. The minimum absolute atomic E-state index is 0.129. The van der Waals surface area contributed by atoms with Crippen LogP contribution in [-0.2, 0) is 0 Å². The fourth-order valence-corrected chi connectivity index (χ4v) is 3.35. The monoisotopic (exact) mass is 192 g/mol. The molecule has 0 aromatic carbocycles. The summed E-state index contributed by atoms with van der Waals surface area (Å²) in [6.07, 6.45) is 5.40. The Balaban J connectivity index is 2.15. The first-order chi connectivity index (χ1) is 5.12. The Bertz CT molecular complexity index is 176. The molecule has 2 aliphatic rings. The molecule has 2 saturated carbocycles. The highest BCUT2D eigenvalue weighted by atomic mass is 35.5. The van der Waals surface area contributed by atoms with Gasteiger partial charge in [0.25, 0.3) is 0 Å². The molecule has 2 fully saturated rings. The van der Waals surface area contributed by atoms with Crippen molar-refractivity contribution < 1.29 is 0 Å². The molecule has 0 aromatic rings. The summed E-state index contributed by atoms with van der Waals surface area (Å²) in [5.74, 6) is 1.51. The summed E-state index contributed by atoms with van der Waals surface area (Å²) < 4.78 is 0. The van der Waals surface area contributed by atoms with Crippen LogP contribution in [0.1, 0.15) is 32.6 Å². The molecule has 0 radical (unpaired) electrons. The van der Waals surface area contributed by atoms with Gasteiger partial charge in [-0.25, -0.2) is 0 Å². The van der Waals surface area contributed by atoms with E-state index >= 15 is 0 Å². The van der Waals surface area contributed by atoms with Crippen molar-refractivity contribution in [2.75, 3.05) is 5.88 Å². The Morgan fingerprint density at radius 1 is 1.64 bits per heavy atom. The Morgan fingerprint density at radius 3 is 2.73 bits per heavy atom. The van der Waals surface area contributed by atoms with E-state index in [0.29, 0.717) is 11.3 Å². The van der Waals surface area contributed by atoms with Crippen LogP contribution >= 0.6 is 23.2 Å². The van der Waals surface area contributed by atoms with Gasteiger partial charge in [-0.15, -0.1) is 23.2 Å². The van der Waals surface area contributed by atoms with Crippen molar-refractivity contribution in [3.8, 4) is 0 Å². The second kappa shape index (κ2) is 2.29. The molecule has 3 atom stereocenters. The van der Waals surface area contributed by atoms with E-state index < -0.39 is 0 Å². The number of rotatable bonds is 2. The fourth-order valence-electron chi connectivity index (χ4n) is 2.76. The number of hydrogen-bond acceptors (Lipinski definition) is 0. The lowest BCUT2D eigenvalue weighted by Gasteiger charge is -2.29. The Hall–Kier alpha value is 0.580. The van der Waals surface area contributed by atoms with Crippen LogP contribution in [0.15, 0.2) is 0 Å². The maximum Gasteiger partial charge on any atom is 0.0612 e. The van der Waals surface area contributed by atoms with Crippen LogP contribution in [0.5, 0.6) is 0 Å². The zero-order valence-electron chi connectivity index (χ0n) is 6.87. The molecular formula is C9H14Cl2. The Labute approximate surface area is 78.3 Å². The van der Waals surface area contributed by atoms with E-state index in [1.165, 1.54) is 25.7 Å². The summed E-state index contributed by atoms with van der Waals surface area (Å²) in [6, 6.07) is 0. The van der Waals surface area contributed by atoms with Gasteiger partial charge in [0.1, 0.15) is 0 Å². The number of hydrogen-bond donors (Lipinski definition) is 0. The summed E-state index contributed by atoms with van der Waals surface area (Å²) >= 11 is 12.2. The van der Waals surface area contributed by atoms with Gasteiger partial charge in [0.2, 0.25) is 0 Å². The highest BCUT2D eigenvalue weighted by Crippen LogP contribution is 2.70. The van der Waals surface area contributed by atoms with Crippen LogP contribution in [0.2, 0.25) is 0 Å². The maximum absolute atomic E-state index is 6.38. The molecule has 2 heteroatoms. The third-order valence-corrected chi connectivity index (χ3v) is 4.88. The fraction of sp³-hybridized carbons (Fsp3) is 1.00.